The van der Waals surface area contributed by atoms with E-state index in [1.165, 1.54) is 5.57 Å². The Morgan fingerprint density at radius 2 is 2.17 bits per heavy atom. The monoisotopic (exact) mass is 168 g/mol. The zero-order valence-electron chi connectivity index (χ0n) is 8.83. The largest absolute Gasteiger partial charge is 0.294 e. The molecule has 0 aromatic carbocycles. The summed E-state index contributed by atoms with van der Waals surface area (Å²) in [7, 11) is 2.00. The van der Waals surface area contributed by atoms with Crippen molar-refractivity contribution >= 4 is 6.21 Å². The quantitative estimate of drug-likeness (QED) is 0.358. The number of rotatable bonds is 4. The Bertz CT molecular complexity index is 171. The van der Waals surface area contributed by atoms with Crippen LogP contribution in [0.2, 0.25) is 0 Å². The van der Waals surface area contributed by atoms with Gasteiger partial charge in [-0.2, -0.15) is 5.10 Å². The van der Waals surface area contributed by atoms with Gasteiger partial charge in [-0.1, -0.05) is 18.6 Å². The summed E-state index contributed by atoms with van der Waals surface area (Å²) in [4.78, 5) is 0. The number of hydrazone groups is 1. The van der Waals surface area contributed by atoms with Gasteiger partial charge < -0.3 is 0 Å². The molecule has 0 heterocycles. The lowest BCUT2D eigenvalue weighted by Crippen LogP contribution is -2.24. The molecule has 0 radical (unpaired) electrons. The predicted molar refractivity (Wildman–Crippen MR) is 55.4 cm³/mol. The van der Waals surface area contributed by atoms with E-state index in [0.29, 0.717) is 6.04 Å². The second-order valence-corrected chi connectivity index (χ2v) is 2.98. The topological polar surface area (TPSA) is 15.6 Å². The van der Waals surface area contributed by atoms with E-state index >= 15 is 0 Å². The lowest BCUT2D eigenvalue weighted by Gasteiger charge is -2.22. The molecular weight excluding hydrogens is 148 g/mol. The first-order valence-electron chi connectivity index (χ1n) is 4.51. The molecule has 70 valence electrons. The van der Waals surface area contributed by atoms with Crippen molar-refractivity contribution in [1.29, 1.82) is 0 Å². The molecular formula is C10H20N2. The molecule has 0 bridgehead atoms. The molecule has 2 heteroatoms. The van der Waals surface area contributed by atoms with Crippen LogP contribution in [0.3, 0.4) is 0 Å². The highest BCUT2D eigenvalue weighted by Gasteiger charge is 2.06. The maximum Gasteiger partial charge on any atom is 0.0645 e. The standard InChI is InChI=1S/C10H20N2/c1-6-8-9(3)10(4)12(5)11-7-2/h7-8,10H,6H2,1-5H3. The Kier molecular flexibility index (Phi) is 5.43. The minimum atomic E-state index is 0.404. The molecule has 0 aliphatic rings. The van der Waals surface area contributed by atoms with Crippen LogP contribution in [0.5, 0.6) is 0 Å². The molecule has 0 N–H and O–H groups in total. The Balaban J connectivity index is 4.17. The van der Waals surface area contributed by atoms with Crippen molar-refractivity contribution in [3.63, 3.8) is 0 Å². The summed E-state index contributed by atoms with van der Waals surface area (Å²) in [6, 6.07) is 0.404. The highest BCUT2D eigenvalue weighted by Crippen LogP contribution is 2.08. The summed E-state index contributed by atoms with van der Waals surface area (Å²) < 4.78 is 0. The molecule has 0 fully saturated rings. The van der Waals surface area contributed by atoms with E-state index in [2.05, 4.69) is 31.9 Å². The normalized spacial score (nSPS) is 15.2. The third-order valence-corrected chi connectivity index (χ3v) is 2.04. The van der Waals surface area contributed by atoms with Gasteiger partial charge in [-0.25, -0.2) is 0 Å². The van der Waals surface area contributed by atoms with Gasteiger partial charge in [0.2, 0.25) is 0 Å². The van der Waals surface area contributed by atoms with E-state index < -0.39 is 0 Å². The van der Waals surface area contributed by atoms with Crippen LogP contribution in [0.25, 0.3) is 0 Å². The number of nitrogens with zero attached hydrogens (tertiary/aromatic N) is 2. The first-order chi connectivity index (χ1) is 5.63. The molecule has 12 heavy (non-hydrogen) atoms. The number of allylic oxidation sites excluding steroid dienone is 1. The average Bonchev–Trinajstić information content (AvgIpc) is 2.04. The summed E-state index contributed by atoms with van der Waals surface area (Å²) in [5.41, 5.74) is 1.38. The first kappa shape index (κ1) is 11.2. The van der Waals surface area contributed by atoms with Gasteiger partial charge >= 0.3 is 0 Å². The summed E-state index contributed by atoms with van der Waals surface area (Å²) in [6.07, 6.45) is 5.15. The van der Waals surface area contributed by atoms with Crippen LogP contribution in [-0.4, -0.2) is 24.3 Å². The van der Waals surface area contributed by atoms with Crippen molar-refractivity contribution < 1.29 is 0 Å². The molecule has 0 spiro atoms. The van der Waals surface area contributed by atoms with Crippen LogP contribution in [-0.2, 0) is 0 Å². The van der Waals surface area contributed by atoms with Gasteiger partial charge in [-0.3, -0.25) is 5.01 Å². The van der Waals surface area contributed by atoms with Crippen molar-refractivity contribution in [1.82, 2.24) is 5.01 Å². The van der Waals surface area contributed by atoms with Gasteiger partial charge in [0.1, 0.15) is 0 Å². The van der Waals surface area contributed by atoms with Gasteiger partial charge in [-0.15, -0.1) is 0 Å². The Morgan fingerprint density at radius 1 is 1.58 bits per heavy atom. The van der Waals surface area contributed by atoms with Crippen molar-refractivity contribution in [2.45, 2.75) is 40.2 Å². The molecule has 0 amide bonds. The fourth-order valence-corrected chi connectivity index (χ4v) is 1.07. The van der Waals surface area contributed by atoms with Gasteiger partial charge in [-0.05, 0) is 27.2 Å². The highest BCUT2D eigenvalue weighted by molar-refractivity contribution is 5.52. The van der Waals surface area contributed by atoms with Gasteiger partial charge in [0, 0.05) is 13.3 Å². The van der Waals surface area contributed by atoms with Crippen LogP contribution in [0.1, 0.15) is 34.1 Å². The fourth-order valence-electron chi connectivity index (χ4n) is 1.07. The van der Waals surface area contributed by atoms with E-state index in [1.807, 2.05) is 25.2 Å². The molecule has 1 unspecified atom stereocenters. The van der Waals surface area contributed by atoms with Crippen LogP contribution < -0.4 is 0 Å². The van der Waals surface area contributed by atoms with Gasteiger partial charge in [0.05, 0.1) is 6.04 Å². The van der Waals surface area contributed by atoms with Crippen molar-refractivity contribution in [2.24, 2.45) is 5.10 Å². The minimum Gasteiger partial charge on any atom is -0.294 e. The second kappa shape index (κ2) is 5.81. The zero-order valence-corrected chi connectivity index (χ0v) is 8.83. The summed E-state index contributed by atoms with van der Waals surface area (Å²) >= 11 is 0. The van der Waals surface area contributed by atoms with E-state index in [4.69, 9.17) is 0 Å². The average molecular weight is 168 g/mol. The van der Waals surface area contributed by atoms with Crippen LogP contribution >= 0.6 is 0 Å². The SMILES string of the molecule is CC=NN(C)C(C)C(C)=CCC. The number of hydrogen-bond donors (Lipinski definition) is 0. The van der Waals surface area contributed by atoms with E-state index in [9.17, 15) is 0 Å². The van der Waals surface area contributed by atoms with Crippen molar-refractivity contribution in [2.75, 3.05) is 7.05 Å². The maximum absolute atomic E-state index is 4.20. The summed E-state index contributed by atoms with van der Waals surface area (Å²) in [6.45, 7) is 8.39. The lowest BCUT2D eigenvalue weighted by atomic mass is 10.1. The van der Waals surface area contributed by atoms with Crippen LogP contribution in [0.4, 0.5) is 0 Å². The third-order valence-electron chi connectivity index (χ3n) is 2.04. The summed E-state index contributed by atoms with van der Waals surface area (Å²) in [5.74, 6) is 0. The fraction of sp³-hybridized carbons (Fsp3) is 0.700. The Morgan fingerprint density at radius 3 is 2.58 bits per heavy atom. The smallest absolute Gasteiger partial charge is 0.0645 e. The van der Waals surface area contributed by atoms with Gasteiger partial charge in [0.25, 0.3) is 0 Å². The highest BCUT2D eigenvalue weighted by atomic mass is 15.4. The van der Waals surface area contributed by atoms with E-state index in [1.54, 1.807) is 0 Å². The second-order valence-electron chi connectivity index (χ2n) is 2.98. The van der Waals surface area contributed by atoms with Crippen LogP contribution in [0.15, 0.2) is 16.8 Å². The van der Waals surface area contributed by atoms with E-state index in [-0.39, 0.29) is 0 Å². The molecule has 0 rings (SSSR count). The molecule has 0 aliphatic carbocycles. The Labute approximate surface area is 76.0 Å². The number of likely N-dealkylation sites (N-methyl/N-ethyl adjacent to an activating group) is 1. The van der Waals surface area contributed by atoms with Gasteiger partial charge in [0.15, 0.2) is 0 Å². The van der Waals surface area contributed by atoms with Crippen LogP contribution in [0, 0.1) is 0 Å². The summed E-state index contributed by atoms with van der Waals surface area (Å²) in [5, 5.41) is 6.17. The van der Waals surface area contributed by atoms with Crippen molar-refractivity contribution in [3.8, 4) is 0 Å². The molecule has 0 aliphatic heterocycles. The third kappa shape index (κ3) is 3.56. The van der Waals surface area contributed by atoms with E-state index in [0.717, 1.165) is 6.42 Å². The Hall–Kier alpha value is -0.790. The first-order valence-corrected chi connectivity index (χ1v) is 4.51. The lowest BCUT2D eigenvalue weighted by molar-refractivity contribution is 0.303. The maximum atomic E-state index is 4.20. The predicted octanol–water partition coefficient (Wildman–Crippen LogP) is 2.67. The molecule has 0 aromatic heterocycles. The molecule has 1 atom stereocenters. The minimum absolute atomic E-state index is 0.404. The molecule has 0 saturated heterocycles. The molecule has 2 nitrogen and oxygen atoms in total. The molecule has 0 saturated carbocycles. The molecule has 0 aromatic rings. The number of hydrogen-bond acceptors (Lipinski definition) is 2. The van der Waals surface area contributed by atoms with Crippen molar-refractivity contribution in [3.05, 3.63) is 11.6 Å². The zero-order chi connectivity index (χ0) is 9.56.